The van der Waals surface area contributed by atoms with Crippen LogP contribution in [0.2, 0.25) is 0 Å². The fourth-order valence-electron chi connectivity index (χ4n) is 1.37. The van der Waals surface area contributed by atoms with Gasteiger partial charge < -0.3 is 5.32 Å². The second-order valence-corrected chi connectivity index (χ2v) is 8.80. The van der Waals surface area contributed by atoms with Crippen molar-refractivity contribution in [3.8, 4) is 0 Å². The number of rotatable bonds is 6. The number of hydrogen-bond acceptors (Lipinski definition) is 5. The molecule has 23 heavy (non-hydrogen) atoms. The van der Waals surface area contributed by atoms with Crippen molar-refractivity contribution in [3.63, 3.8) is 0 Å². The SMILES string of the molecule is C=CC(=O)NC(C)CC(S(=O)(=O)C(F)(F)F)S(=O)(=O)C(F)(F)F. The molecule has 0 rings (SSSR count). The first-order valence-electron chi connectivity index (χ1n) is 5.51. The number of halogens is 6. The van der Waals surface area contributed by atoms with Crippen LogP contribution in [0.4, 0.5) is 26.3 Å². The molecule has 1 atom stereocenters. The molecule has 1 N–H and O–H groups in total. The van der Waals surface area contributed by atoms with Crippen molar-refractivity contribution in [2.24, 2.45) is 0 Å². The maximum atomic E-state index is 12.5. The summed E-state index contributed by atoms with van der Waals surface area (Å²) >= 11 is 0. The Hall–Kier alpha value is -1.31. The van der Waals surface area contributed by atoms with Crippen LogP contribution in [0.5, 0.6) is 0 Å². The normalized spacial score (nSPS) is 15.3. The number of sulfone groups is 2. The van der Waals surface area contributed by atoms with E-state index in [-0.39, 0.29) is 0 Å². The van der Waals surface area contributed by atoms with Crippen molar-refractivity contribution in [2.45, 2.75) is 35.0 Å². The predicted octanol–water partition coefficient (Wildman–Crippen LogP) is 1.26. The molecule has 0 aliphatic heterocycles. The molecule has 1 unspecified atom stereocenters. The van der Waals surface area contributed by atoms with Gasteiger partial charge in [0.1, 0.15) is 0 Å². The van der Waals surface area contributed by atoms with Gasteiger partial charge in [-0.2, -0.15) is 26.3 Å². The number of carbonyl (C=O) groups excluding carboxylic acids is 1. The number of amides is 1. The zero-order valence-corrected chi connectivity index (χ0v) is 12.9. The van der Waals surface area contributed by atoms with Crippen molar-refractivity contribution in [3.05, 3.63) is 12.7 Å². The van der Waals surface area contributed by atoms with Gasteiger partial charge in [0.15, 0.2) is 4.58 Å². The zero-order valence-electron chi connectivity index (χ0n) is 11.3. The summed E-state index contributed by atoms with van der Waals surface area (Å²) in [4.78, 5) is 10.9. The lowest BCUT2D eigenvalue weighted by molar-refractivity contribution is -0.117. The molecule has 0 saturated carbocycles. The first kappa shape index (κ1) is 21.7. The van der Waals surface area contributed by atoms with Crippen LogP contribution >= 0.6 is 0 Å². The third-order valence-corrected chi connectivity index (χ3v) is 7.04. The summed E-state index contributed by atoms with van der Waals surface area (Å²) in [5.41, 5.74) is -12.4. The van der Waals surface area contributed by atoms with Crippen molar-refractivity contribution >= 4 is 25.6 Å². The molecular weight excluding hydrogens is 380 g/mol. The Balaban J connectivity index is 5.98. The van der Waals surface area contributed by atoms with Gasteiger partial charge in [0.05, 0.1) is 0 Å². The van der Waals surface area contributed by atoms with Gasteiger partial charge in [-0.1, -0.05) is 6.58 Å². The smallest absolute Gasteiger partial charge is 0.350 e. The van der Waals surface area contributed by atoms with Crippen LogP contribution in [-0.2, 0) is 24.5 Å². The third kappa shape index (κ3) is 4.83. The summed E-state index contributed by atoms with van der Waals surface area (Å²) in [5, 5.41) is 1.79. The van der Waals surface area contributed by atoms with Gasteiger partial charge >= 0.3 is 11.0 Å². The Morgan fingerprint density at radius 2 is 1.39 bits per heavy atom. The van der Waals surface area contributed by atoms with Crippen LogP contribution in [0.15, 0.2) is 12.7 Å². The Labute approximate surface area is 127 Å². The van der Waals surface area contributed by atoms with E-state index in [9.17, 15) is 48.0 Å². The summed E-state index contributed by atoms with van der Waals surface area (Å²) < 4.78 is 116. The minimum atomic E-state index is -6.70. The van der Waals surface area contributed by atoms with Crippen molar-refractivity contribution in [2.75, 3.05) is 0 Å². The van der Waals surface area contributed by atoms with E-state index in [4.69, 9.17) is 0 Å². The average Bonchev–Trinajstić information content (AvgIpc) is 2.32. The molecule has 0 spiro atoms. The maximum absolute atomic E-state index is 12.5. The van der Waals surface area contributed by atoms with Crippen molar-refractivity contribution < 1.29 is 48.0 Å². The van der Waals surface area contributed by atoms with E-state index >= 15 is 0 Å². The molecule has 0 bridgehead atoms. The number of carbonyl (C=O) groups is 1. The van der Waals surface area contributed by atoms with Gasteiger partial charge in [-0.15, -0.1) is 0 Å². The summed E-state index contributed by atoms with van der Waals surface area (Å²) in [6, 6.07) is -1.63. The van der Waals surface area contributed by atoms with Crippen LogP contribution in [0.3, 0.4) is 0 Å². The second-order valence-electron chi connectivity index (χ2n) is 4.26. The molecule has 0 fully saturated rings. The molecule has 0 radical (unpaired) electrons. The van der Waals surface area contributed by atoms with Gasteiger partial charge in [-0.25, -0.2) is 16.8 Å². The van der Waals surface area contributed by atoms with Crippen LogP contribution < -0.4 is 5.32 Å². The van der Waals surface area contributed by atoms with Gasteiger partial charge in [0.25, 0.3) is 19.7 Å². The van der Waals surface area contributed by atoms with Crippen molar-refractivity contribution in [1.82, 2.24) is 5.32 Å². The first-order chi connectivity index (χ1) is 9.98. The monoisotopic (exact) mass is 391 g/mol. The standard InChI is InChI=1S/C9H11F6NO5S2/c1-3-6(17)16-5(2)4-7(22(18,19)8(10,11)12)23(20,21)9(13,14)15/h3,5,7H,1,4H2,2H3,(H,16,17). The highest BCUT2D eigenvalue weighted by atomic mass is 32.3. The molecule has 0 aromatic heterocycles. The number of hydrogen-bond donors (Lipinski definition) is 1. The highest BCUT2D eigenvalue weighted by molar-refractivity contribution is 8.09. The molecule has 0 aliphatic rings. The first-order valence-corrected chi connectivity index (χ1v) is 8.61. The molecule has 0 aromatic carbocycles. The van der Waals surface area contributed by atoms with Crippen LogP contribution in [0.25, 0.3) is 0 Å². The van der Waals surface area contributed by atoms with E-state index in [1.54, 1.807) is 5.32 Å². The second kappa shape index (κ2) is 6.67. The van der Waals surface area contributed by atoms with E-state index in [1.807, 2.05) is 0 Å². The average molecular weight is 391 g/mol. The van der Waals surface area contributed by atoms with Gasteiger partial charge in [-0.05, 0) is 19.4 Å². The molecular formula is C9H11F6NO5S2. The molecule has 14 heteroatoms. The van der Waals surface area contributed by atoms with Crippen LogP contribution in [0, 0.1) is 0 Å². The minimum absolute atomic E-state index is 0.613. The fraction of sp³-hybridized carbons (Fsp3) is 0.667. The van der Waals surface area contributed by atoms with E-state index in [0.29, 0.717) is 6.08 Å². The van der Waals surface area contributed by atoms with Gasteiger partial charge in [-0.3, -0.25) is 4.79 Å². The zero-order chi connectivity index (χ0) is 18.9. The van der Waals surface area contributed by atoms with Crippen molar-refractivity contribution in [1.29, 1.82) is 0 Å². The molecule has 0 heterocycles. The lowest BCUT2D eigenvalue weighted by Gasteiger charge is -2.23. The van der Waals surface area contributed by atoms with Gasteiger partial charge in [0.2, 0.25) is 5.91 Å². The largest absolute Gasteiger partial charge is 0.498 e. The molecule has 0 saturated heterocycles. The highest BCUT2D eigenvalue weighted by Crippen LogP contribution is 2.38. The Kier molecular flexibility index (Phi) is 6.29. The third-order valence-electron chi connectivity index (χ3n) is 2.46. The Morgan fingerprint density at radius 1 is 1.04 bits per heavy atom. The number of nitrogens with one attached hydrogen (secondary N) is 1. The van der Waals surface area contributed by atoms with Crippen LogP contribution in [0.1, 0.15) is 13.3 Å². The summed E-state index contributed by atoms with van der Waals surface area (Å²) in [5.74, 6) is -1.04. The maximum Gasteiger partial charge on any atom is 0.498 e. The topological polar surface area (TPSA) is 97.4 Å². The molecule has 6 nitrogen and oxygen atoms in total. The number of alkyl halides is 6. The molecule has 0 aromatic rings. The summed E-state index contributed by atoms with van der Waals surface area (Å²) in [6.45, 7) is 3.80. The van der Waals surface area contributed by atoms with E-state index in [2.05, 4.69) is 6.58 Å². The van der Waals surface area contributed by atoms with E-state index in [1.165, 1.54) is 0 Å². The molecule has 0 aliphatic carbocycles. The Morgan fingerprint density at radius 3 is 1.65 bits per heavy atom. The Bertz CT molecular complexity index is 620. The minimum Gasteiger partial charge on any atom is -0.350 e. The van der Waals surface area contributed by atoms with Crippen LogP contribution in [-0.4, -0.2) is 44.4 Å². The predicted molar refractivity (Wildman–Crippen MR) is 66.2 cm³/mol. The highest BCUT2D eigenvalue weighted by Gasteiger charge is 2.62. The summed E-state index contributed by atoms with van der Waals surface area (Å²) in [6.07, 6.45) is -1.04. The fourth-order valence-corrected chi connectivity index (χ4v) is 5.04. The lowest BCUT2D eigenvalue weighted by atomic mass is 10.2. The molecule has 136 valence electrons. The quantitative estimate of drug-likeness (QED) is 0.543. The lowest BCUT2D eigenvalue weighted by Crippen LogP contribution is -2.48. The van der Waals surface area contributed by atoms with Gasteiger partial charge in [0, 0.05) is 6.04 Å². The molecule has 1 amide bonds. The van der Waals surface area contributed by atoms with E-state index in [0.717, 1.165) is 6.92 Å². The summed E-state index contributed by atoms with van der Waals surface area (Å²) in [7, 11) is -13.4. The van der Waals surface area contributed by atoms with E-state index < -0.39 is 53.6 Å².